The molecule has 0 aliphatic heterocycles. The Morgan fingerprint density at radius 1 is 1.22 bits per heavy atom. The van der Waals surface area contributed by atoms with Crippen LogP contribution in [0.2, 0.25) is 0 Å². The highest BCUT2D eigenvalue weighted by molar-refractivity contribution is 6.21. The summed E-state index contributed by atoms with van der Waals surface area (Å²) >= 11 is 6.39. The standard InChI is InChI=1S/C15H15ClFN/c1-10-6-7-13(17)12(9-10)15(16)11(2)14-5-3-4-8-18-14/h3-9,11,15H,1-2H3. The van der Waals surface area contributed by atoms with Gasteiger partial charge in [-0.2, -0.15) is 0 Å². The van der Waals surface area contributed by atoms with E-state index in [9.17, 15) is 4.39 Å². The lowest BCUT2D eigenvalue weighted by atomic mass is 9.95. The molecule has 0 saturated heterocycles. The third kappa shape index (κ3) is 2.70. The lowest BCUT2D eigenvalue weighted by molar-refractivity contribution is 0.588. The summed E-state index contributed by atoms with van der Waals surface area (Å²) in [6.07, 6.45) is 1.72. The maximum Gasteiger partial charge on any atom is 0.127 e. The average molecular weight is 264 g/mol. The Balaban J connectivity index is 2.31. The van der Waals surface area contributed by atoms with Crippen molar-refractivity contribution in [2.75, 3.05) is 0 Å². The van der Waals surface area contributed by atoms with Gasteiger partial charge in [-0.3, -0.25) is 4.98 Å². The van der Waals surface area contributed by atoms with Crippen LogP contribution in [0, 0.1) is 12.7 Å². The van der Waals surface area contributed by atoms with Crippen molar-refractivity contribution >= 4 is 11.6 Å². The molecule has 2 aromatic rings. The summed E-state index contributed by atoms with van der Waals surface area (Å²) < 4.78 is 13.8. The van der Waals surface area contributed by atoms with Crippen LogP contribution >= 0.6 is 11.6 Å². The number of alkyl halides is 1. The Bertz CT molecular complexity index is 527. The van der Waals surface area contributed by atoms with Gasteiger partial charge in [0.1, 0.15) is 5.82 Å². The second kappa shape index (κ2) is 5.49. The van der Waals surface area contributed by atoms with Gasteiger partial charge in [-0.15, -0.1) is 11.6 Å². The zero-order valence-electron chi connectivity index (χ0n) is 10.4. The molecule has 0 N–H and O–H groups in total. The Labute approximate surface area is 112 Å². The van der Waals surface area contributed by atoms with Crippen LogP contribution in [0.3, 0.4) is 0 Å². The molecule has 1 aromatic carbocycles. The second-order valence-electron chi connectivity index (χ2n) is 4.47. The van der Waals surface area contributed by atoms with Crippen LogP contribution in [0.4, 0.5) is 4.39 Å². The largest absolute Gasteiger partial charge is 0.261 e. The highest BCUT2D eigenvalue weighted by Gasteiger charge is 2.22. The van der Waals surface area contributed by atoms with E-state index >= 15 is 0 Å². The minimum atomic E-state index is -0.417. The second-order valence-corrected chi connectivity index (χ2v) is 4.94. The smallest absolute Gasteiger partial charge is 0.127 e. The van der Waals surface area contributed by atoms with Crippen molar-refractivity contribution in [3.8, 4) is 0 Å². The van der Waals surface area contributed by atoms with E-state index < -0.39 is 5.38 Å². The number of aromatic nitrogens is 1. The number of aryl methyl sites for hydroxylation is 1. The van der Waals surface area contributed by atoms with Crippen molar-refractivity contribution in [3.63, 3.8) is 0 Å². The molecule has 0 amide bonds. The molecule has 2 unspecified atom stereocenters. The van der Waals surface area contributed by atoms with E-state index in [-0.39, 0.29) is 11.7 Å². The van der Waals surface area contributed by atoms with Gasteiger partial charge in [0, 0.05) is 23.4 Å². The molecule has 94 valence electrons. The molecule has 0 aliphatic carbocycles. The summed E-state index contributed by atoms with van der Waals surface area (Å²) in [7, 11) is 0. The first-order valence-electron chi connectivity index (χ1n) is 5.90. The molecule has 0 bridgehead atoms. The zero-order valence-corrected chi connectivity index (χ0v) is 11.2. The van der Waals surface area contributed by atoms with E-state index in [1.165, 1.54) is 6.07 Å². The number of benzene rings is 1. The number of rotatable bonds is 3. The number of hydrogen-bond donors (Lipinski definition) is 0. The predicted octanol–water partition coefficient (Wildman–Crippen LogP) is 4.61. The molecule has 2 atom stereocenters. The summed E-state index contributed by atoms with van der Waals surface area (Å²) in [6, 6.07) is 10.7. The van der Waals surface area contributed by atoms with Crippen molar-refractivity contribution in [1.29, 1.82) is 0 Å². The van der Waals surface area contributed by atoms with Gasteiger partial charge in [0.05, 0.1) is 5.38 Å². The van der Waals surface area contributed by atoms with E-state index in [0.29, 0.717) is 5.56 Å². The van der Waals surface area contributed by atoms with Gasteiger partial charge in [-0.05, 0) is 25.1 Å². The van der Waals surface area contributed by atoms with Crippen molar-refractivity contribution in [2.45, 2.75) is 25.1 Å². The van der Waals surface area contributed by atoms with Crippen LogP contribution in [0.1, 0.15) is 35.0 Å². The van der Waals surface area contributed by atoms with Gasteiger partial charge >= 0.3 is 0 Å². The van der Waals surface area contributed by atoms with Crippen LogP contribution in [0.25, 0.3) is 0 Å². The molecular weight excluding hydrogens is 249 g/mol. The van der Waals surface area contributed by atoms with Gasteiger partial charge in [0.15, 0.2) is 0 Å². The van der Waals surface area contributed by atoms with Gasteiger partial charge in [-0.25, -0.2) is 4.39 Å². The lowest BCUT2D eigenvalue weighted by Crippen LogP contribution is -2.06. The summed E-state index contributed by atoms with van der Waals surface area (Å²) in [6.45, 7) is 3.89. The summed E-state index contributed by atoms with van der Waals surface area (Å²) in [4.78, 5) is 4.27. The monoisotopic (exact) mass is 263 g/mol. The number of halogens is 2. The molecule has 0 spiro atoms. The van der Waals surface area contributed by atoms with E-state index in [1.54, 1.807) is 18.3 Å². The fourth-order valence-electron chi connectivity index (χ4n) is 1.94. The minimum Gasteiger partial charge on any atom is -0.261 e. The quantitative estimate of drug-likeness (QED) is 0.737. The van der Waals surface area contributed by atoms with Crippen LogP contribution < -0.4 is 0 Å². The fourth-order valence-corrected chi connectivity index (χ4v) is 2.24. The molecule has 1 nitrogen and oxygen atoms in total. The molecule has 1 heterocycles. The number of hydrogen-bond acceptors (Lipinski definition) is 1. The minimum absolute atomic E-state index is 0.0378. The molecule has 1 aromatic heterocycles. The molecule has 3 heteroatoms. The summed E-state index contributed by atoms with van der Waals surface area (Å²) in [5.74, 6) is -0.299. The summed E-state index contributed by atoms with van der Waals surface area (Å²) in [5, 5.41) is -0.417. The Hall–Kier alpha value is -1.41. The van der Waals surface area contributed by atoms with Crippen molar-refractivity contribution in [3.05, 3.63) is 65.2 Å². The molecule has 0 radical (unpaired) electrons. The average Bonchev–Trinajstić information content (AvgIpc) is 2.41. The van der Waals surface area contributed by atoms with Crippen LogP contribution in [0.15, 0.2) is 42.6 Å². The van der Waals surface area contributed by atoms with Gasteiger partial charge < -0.3 is 0 Å². The lowest BCUT2D eigenvalue weighted by Gasteiger charge is -2.18. The highest BCUT2D eigenvalue weighted by Crippen LogP contribution is 2.36. The fraction of sp³-hybridized carbons (Fsp3) is 0.267. The van der Waals surface area contributed by atoms with E-state index in [2.05, 4.69) is 4.98 Å². The van der Waals surface area contributed by atoms with Crippen molar-refractivity contribution < 1.29 is 4.39 Å². The van der Waals surface area contributed by atoms with Crippen molar-refractivity contribution in [1.82, 2.24) is 4.98 Å². The van der Waals surface area contributed by atoms with Gasteiger partial charge in [0.2, 0.25) is 0 Å². The third-order valence-electron chi connectivity index (χ3n) is 3.04. The molecular formula is C15H15ClFN. The Kier molecular flexibility index (Phi) is 3.97. The van der Waals surface area contributed by atoms with Crippen molar-refractivity contribution in [2.24, 2.45) is 0 Å². The first kappa shape index (κ1) is 13.0. The van der Waals surface area contributed by atoms with Crippen LogP contribution in [-0.2, 0) is 0 Å². The van der Waals surface area contributed by atoms with E-state index in [4.69, 9.17) is 11.6 Å². The Morgan fingerprint density at radius 2 is 2.00 bits per heavy atom. The highest BCUT2D eigenvalue weighted by atomic mass is 35.5. The first-order valence-corrected chi connectivity index (χ1v) is 6.34. The third-order valence-corrected chi connectivity index (χ3v) is 3.65. The van der Waals surface area contributed by atoms with E-state index in [1.807, 2.05) is 32.0 Å². The van der Waals surface area contributed by atoms with Gasteiger partial charge in [0.25, 0.3) is 0 Å². The van der Waals surface area contributed by atoms with Crippen LogP contribution in [-0.4, -0.2) is 4.98 Å². The molecule has 0 fully saturated rings. The first-order chi connectivity index (χ1) is 8.59. The SMILES string of the molecule is Cc1ccc(F)c(C(Cl)C(C)c2ccccn2)c1. The number of nitrogens with zero attached hydrogens (tertiary/aromatic N) is 1. The maximum atomic E-state index is 13.8. The van der Waals surface area contributed by atoms with E-state index in [0.717, 1.165) is 11.3 Å². The normalized spacial score (nSPS) is 14.2. The molecule has 2 rings (SSSR count). The van der Waals surface area contributed by atoms with Crippen LogP contribution in [0.5, 0.6) is 0 Å². The topological polar surface area (TPSA) is 12.9 Å². The van der Waals surface area contributed by atoms with Gasteiger partial charge in [-0.1, -0.05) is 30.7 Å². The molecule has 0 aliphatic rings. The Morgan fingerprint density at radius 3 is 2.67 bits per heavy atom. The number of pyridine rings is 1. The maximum absolute atomic E-state index is 13.8. The summed E-state index contributed by atoms with van der Waals surface area (Å²) in [5.41, 5.74) is 2.42. The molecule has 18 heavy (non-hydrogen) atoms. The zero-order chi connectivity index (χ0) is 13.1. The molecule has 0 saturated carbocycles. The predicted molar refractivity (Wildman–Crippen MR) is 72.4 cm³/mol.